The van der Waals surface area contributed by atoms with E-state index in [-0.39, 0.29) is 0 Å². The lowest BCUT2D eigenvalue weighted by Crippen LogP contribution is -2.69. The number of nitrogens with one attached hydrogen (secondary N) is 1. The van der Waals surface area contributed by atoms with E-state index in [0.717, 1.165) is 0 Å². The van der Waals surface area contributed by atoms with Gasteiger partial charge in [-0.05, 0) is 14.1 Å². The Kier molecular flexibility index (Phi) is 3.19. The maximum Gasteiger partial charge on any atom is 0.169 e. The lowest BCUT2D eigenvalue weighted by atomic mass is 10.1. The van der Waals surface area contributed by atoms with Gasteiger partial charge in [0.05, 0.1) is 0 Å². The Morgan fingerprint density at radius 1 is 1.00 bits per heavy atom. The fraction of sp³-hybridized carbons (Fsp3) is 1.00. The zero-order chi connectivity index (χ0) is 10.2. The normalized spacial score (nSPS) is 43.8. The first kappa shape index (κ1) is 10.8. The fourth-order valence-electron chi connectivity index (χ4n) is 1.35. The van der Waals surface area contributed by atoms with E-state index in [1.165, 1.54) is 23.9 Å². The number of aliphatic hydroxyl groups excluding tert-OH is 3. The van der Waals surface area contributed by atoms with Gasteiger partial charge in [0.25, 0.3) is 0 Å². The lowest BCUT2D eigenvalue weighted by molar-refractivity contribution is -0.266. The predicted octanol–water partition coefficient (Wildman–Crippen LogP) is -2.88. The first-order valence-corrected chi connectivity index (χ1v) is 3.88. The molecule has 2 unspecified atom stereocenters. The highest BCUT2D eigenvalue weighted by atomic mass is 16.5. The van der Waals surface area contributed by atoms with Gasteiger partial charge in [-0.3, -0.25) is 0 Å². The van der Waals surface area contributed by atoms with Crippen LogP contribution in [0.1, 0.15) is 0 Å². The third-order valence-electron chi connectivity index (χ3n) is 2.35. The van der Waals surface area contributed by atoms with E-state index >= 15 is 0 Å². The van der Waals surface area contributed by atoms with Crippen LogP contribution in [0.15, 0.2) is 0 Å². The molecule has 0 aromatic rings. The minimum Gasteiger partial charge on any atom is -0.376 e. The predicted molar refractivity (Wildman–Crippen MR) is 42.3 cm³/mol. The summed E-state index contributed by atoms with van der Waals surface area (Å²) in [7, 11) is 2.95. The SMILES string of the molecule is CN1C(O)C(NO)C(O)N(C)C1O. The Morgan fingerprint density at radius 2 is 1.38 bits per heavy atom. The standard InChI is InChI=1S/C6H15N3O4/c1-8-4(10)3(7-13)5(11)9(2)6(8)12/h3-7,10-13H,1-2H3. The highest BCUT2D eigenvalue weighted by Gasteiger charge is 2.42. The fourth-order valence-corrected chi connectivity index (χ4v) is 1.35. The van der Waals surface area contributed by atoms with Crippen LogP contribution in [-0.4, -0.2) is 69.3 Å². The molecular formula is C6H15N3O4. The van der Waals surface area contributed by atoms with Gasteiger partial charge in [0.2, 0.25) is 0 Å². The van der Waals surface area contributed by atoms with Crippen molar-refractivity contribution < 1.29 is 20.5 Å². The molecule has 1 fully saturated rings. The molecule has 0 saturated carbocycles. The zero-order valence-electron chi connectivity index (χ0n) is 7.49. The van der Waals surface area contributed by atoms with Gasteiger partial charge in [-0.1, -0.05) is 0 Å². The summed E-state index contributed by atoms with van der Waals surface area (Å²) in [5.41, 5.74) is 1.79. The van der Waals surface area contributed by atoms with Gasteiger partial charge in [-0.2, -0.15) is 5.48 Å². The summed E-state index contributed by atoms with van der Waals surface area (Å²) in [6.07, 6.45) is -3.37. The van der Waals surface area contributed by atoms with Crippen molar-refractivity contribution in [2.24, 2.45) is 0 Å². The number of rotatable bonds is 1. The third kappa shape index (κ3) is 1.67. The molecule has 0 spiro atoms. The van der Waals surface area contributed by atoms with Crippen molar-refractivity contribution in [3.8, 4) is 0 Å². The molecule has 0 radical (unpaired) electrons. The van der Waals surface area contributed by atoms with E-state index in [4.69, 9.17) is 5.21 Å². The second-order valence-corrected chi connectivity index (χ2v) is 3.16. The summed E-state index contributed by atoms with van der Waals surface area (Å²) in [6.45, 7) is 0. The molecule has 7 heteroatoms. The molecular weight excluding hydrogens is 178 g/mol. The molecule has 78 valence electrons. The number of hydrogen-bond acceptors (Lipinski definition) is 7. The smallest absolute Gasteiger partial charge is 0.169 e. The van der Waals surface area contributed by atoms with Crippen LogP contribution in [0.4, 0.5) is 0 Å². The van der Waals surface area contributed by atoms with Gasteiger partial charge in [0.15, 0.2) is 6.35 Å². The summed E-state index contributed by atoms with van der Waals surface area (Å²) in [6, 6.07) is -0.932. The molecule has 1 aliphatic rings. The maximum atomic E-state index is 9.45. The van der Waals surface area contributed by atoms with Gasteiger partial charge in [0, 0.05) is 0 Å². The molecule has 5 N–H and O–H groups in total. The summed E-state index contributed by atoms with van der Waals surface area (Å²) < 4.78 is 0. The molecule has 0 aliphatic carbocycles. The van der Waals surface area contributed by atoms with Crippen LogP contribution >= 0.6 is 0 Å². The van der Waals surface area contributed by atoms with Gasteiger partial charge in [0.1, 0.15) is 18.5 Å². The lowest BCUT2D eigenvalue weighted by Gasteiger charge is -2.46. The summed E-state index contributed by atoms with van der Waals surface area (Å²) >= 11 is 0. The average molecular weight is 193 g/mol. The van der Waals surface area contributed by atoms with E-state index < -0.39 is 24.8 Å². The first-order valence-electron chi connectivity index (χ1n) is 3.88. The minimum atomic E-state index is -1.15. The second kappa shape index (κ2) is 3.84. The topological polar surface area (TPSA) is 99.4 Å². The highest BCUT2D eigenvalue weighted by Crippen LogP contribution is 2.18. The van der Waals surface area contributed by atoms with Gasteiger partial charge in [-0.15, -0.1) is 0 Å². The Bertz CT molecular complexity index is 165. The Hall–Kier alpha value is -0.280. The minimum absolute atomic E-state index is 0.932. The van der Waals surface area contributed by atoms with Crippen LogP contribution < -0.4 is 5.48 Å². The molecule has 1 rings (SSSR count). The van der Waals surface area contributed by atoms with E-state index in [1.807, 2.05) is 0 Å². The van der Waals surface area contributed by atoms with Crippen molar-refractivity contribution in [3.63, 3.8) is 0 Å². The largest absolute Gasteiger partial charge is 0.376 e. The van der Waals surface area contributed by atoms with Crippen molar-refractivity contribution in [3.05, 3.63) is 0 Å². The van der Waals surface area contributed by atoms with E-state index in [9.17, 15) is 15.3 Å². The average Bonchev–Trinajstić information content (AvgIpc) is 2.13. The quantitative estimate of drug-likeness (QED) is 0.285. The van der Waals surface area contributed by atoms with Crippen LogP contribution in [-0.2, 0) is 0 Å². The van der Waals surface area contributed by atoms with E-state index in [1.54, 1.807) is 5.48 Å². The number of nitrogens with zero attached hydrogens (tertiary/aromatic N) is 2. The van der Waals surface area contributed by atoms with E-state index in [2.05, 4.69) is 0 Å². The van der Waals surface area contributed by atoms with Crippen molar-refractivity contribution in [1.29, 1.82) is 0 Å². The summed E-state index contributed by atoms with van der Waals surface area (Å²) in [5.74, 6) is 0. The molecule has 1 saturated heterocycles. The molecule has 1 aliphatic heterocycles. The molecule has 13 heavy (non-hydrogen) atoms. The van der Waals surface area contributed by atoms with Crippen LogP contribution in [0.2, 0.25) is 0 Å². The Labute approximate surface area is 75.8 Å². The molecule has 2 atom stereocenters. The molecule has 7 nitrogen and oxygen atoms in total. The zero-order valence-corrected chi connectivity index (χ0v) is 7.49. The molecule has 0 bridgehead atoms. The maximum absolute atomic E-state index is 9.45. The third-order valence-corrected chi connectivity index (χ3v) is 2.35. The molecule has 0 aromatic heterocycles. The second-order valence-electron chi connectivity index (χ2n) is 3.16. The van der Waals surface area contributed by atoms with Gasteiger partial charge < -0.3 is 20.5 Å². The highest BCUT2D eigenvalue weighted by molar-refractivity contribution is 4.85. The van der Waals surface area contributed by atoms with Crippen molar-refractivity contribution in [2.75, 3.05) is 14.1 Å². The van der Waals surface area contributed by atoms with Crippen molar-refractivity contribution >= 4 is 0 Å². The number of hydroxylamine groups is 1. The van der Waals surface area contributed by atoms with Crippen LogP contribution in [0.3, 0.4) is 0 Å². The van der Waals surface area contributed by atoms with Gasteiger partial charge >= 0.3 is 0 Å². The van der Waals surface area contributed by atoms with Crippen LogP contribution in [0, 0.1) is 0 Å². The first-order chi connectivity index (χ1) is 6.00. The Balaban J connectivity index is 2.79. The molecule has 1 heterocycles. The molecule has 0 aromatic carbocycles. The summed E-state index contributed by atoms with van der Waals surface area (Å²) in [4.78, 5) is 2.42. The number of hydrogen-bond donors (Lipinski definition) is 5. The Morgan fingerprint density at radius 3 is 1.69 bits per heavy atom. The molecule has 0 amide bonds. The van der Waals surface area contributed by atoms with Crippen LogP contribution in [0.5, 0.6) is 0 Å². The number of aliphatic hydroxyl groups is 3. The van der Waals surface area contributed by atoms with E-state index in [0.29, 0.717) is 0 Å². The van der Waals surface area contributed by atoms with Crippen molar-refractivity contribution in [2.45, 2.75) is 24.8 Å². The monoisotopic (exact) mass is 193 g/mol. The summed E-state index contributed by atoms with van der Waals surface area (Å²) in [5, 5.41) is 37.0. The number of likely N-dealkylation sites (N-methyl/N-ethyl adjacent to an activating group) is 2. The van der Waals surface area contributed by atoms with Gasteiger partial charge in [-0.25, -0.2) is 9.80 Å². The van der Waals surface area contributed by atoms with Crippen LogP contribution in [0.25, 0.3) is 0 Å². The van der Waals surface area contributed by atoms with Crippen molar-refractivity contribution in [1.82, 2.24) is 15.3 Å².